The van der Waals surface area contributed by atoms with E-state index in [-0.39, 0.29) is 67.4 Å². The van der Waals surface area contributed by atoms with Crippen LogP contribution in [0.5, 0.6) is 5.88 Å². The quantitative estimate of drug-likeness (QED) is 0.174. The highest BCUT2D eigenvalue weighted by Gasteiger charge is 2.50. The van der Waals surface area contributed by atoms with Crippen molar-refractivity contribution in [3.63, 3.8) is 0 Å². The summed E-state index contributed by atoms with van der Waals surface area (Å²) in [5.41, 5.74) is -5.16. The Morgan fingerprint density at radius 2 is 1.61 bits per heavy atom. The van der Waals surface area contributed by atoms with Gasteiger partial charge in [-0.3, -0.25) is 4.90 Å². The summed E-state index contributed by atoms with van der Waals surface area (Å²) in [6.07, 6.45) is -11.7. The van der Waals surface area contributed by atoms with Crippen LogP contribution in [0.15, 0.2) is 36.5 Å². The lowest BCUT2D eigenvalue weighted by molar-refractivity contribution is -0.143. The predicted octanol–water partition coefficient (Wildman–Crippen LogP) is 5.65. The van der Waals surface area contributed by atoms with Gasteiger partial charge in [-0.05, 0) is 42.7 Å². The molecule has 0 spiro atoms. The van der Waals surface area contributed by atoms with Crippen LogP contribution in [0.4, 0.5) is 55.7 Å². The van der Waals surface area contributed by atoms with Crippen molar-refractivity contribution in [3.8, 4) is 5.88 Å². The molecule has 4 heterocycles. The molecule has 1 amide bonds. The van der Waals surface area contributed by atoms with Crippen LogP contribution in [0, 0.1) is 0 Å². The lowest BCUT2D eigenvalue weighted by atomic mass is 9.83. The largest absolute Gasteiger partial charge is 0.534 e. The van der Waals surface area contributed by atoms with Gasteiger partial charge in [-0.2, -0.15) is 47.9 Å². The second kappa shape index (κ2) is 13.3. The summed E-state index contributed by atoms with van der Waals surface area (Å²) in [5.74, 6) is -2.65. The summed E-state index contributed by atoms with van der Waals surface area (Å²) < 4.78 is 155. The molecule has 278 valence electrons. The first kappa shape index (κ1) is 37.8. The van der Waals surface area contributed by atoms with Gasteiger partial charge in [-0.1, -0.05) is 6.92 Å². The number of carboxylic acid groups (broad SMARTS) is 1. The van der Waals surface area contributed by atoms with E-state index < -0.39 is 81.1 Å². The molecule has 2 aromatic heterocycles. The van der Waals surface area contributed by atoms with Gasteiger partial charge in [0.15, 0.2) is 0 Å². The fourth-order valence-electron chi connectivity index (χ4n) is 5.80. The molecule has 51 heavy (non-hydrogen) atoms. The Balaban J connectivity index is 1.69. The predicted molar refractivity (Wildman–Crippen MR) is 158 cm³/mol. The number of halogens is 9. The summed E-state index contributed by atoms with van der Waals surface area (Å²) >= 11 is 0. The third-order valence-electron chi connectivity index (χ3n) is 8.28. The number of rotatable bonds is 7. The fraction of sp³-hybridized carbons (Fsp3) is 0.448. The molecule has 2 aliphatic rings. The maximum atomic E-state index is 13.7. The molecule has 0 saturated carbocycles. The minimum Gasteiger partial charge on any atom is -0.465 e. The van der Waals surface area contributed by atoms with Crippen molar-refractivity contribution in [1.29, 1.82) is 0 Å². The number of nitrogens with zero attached hydrogens (tertiary/aromatic N) is 5. The number of benzene rings is 1. The topological polar surface area (TPSA) is 161 Å². The highest BCUT2D eigenvalue weighted by molar-refractivity contribution is 7.87. The number of amides is 1. The van der Waals surface area contributed by atoms with Crippen LogP contribution >= 0.6 is 0 Å². The molecule has 0 radical (unpaired) electrons. The summed E-state index contributed by atoms with van der Waals surface area (Å²) in [7, 11) is -6.23. The third-order valence-corrected chi connectivity index (χ3v) is 9.24. The van der Waals surface area contributed by atoms with Gasteiger partial charge in [-0.15, -0.1) is 0 Å². The molecule has 5 rings (SSSR count). The van der Waals surface area contributed by atoms with E-state index in [0.29, 0.717) is 23.1 Å². The number of aromatic nitrogens is 3. The third kappa shape index (κ3) is 7.76. The first-order chi connectivity index (χ1) is 23.5. The van der Waals surface area contributed by atoms with Gasteiger partial charge in [0.05, 0.1) is 59.2 Å². The SMILES string of the molecule is CC[C@]1(N)C[C@H](c2ncc(N3CCOCC3)c(Cc3cc(C(F)(F)F)cc(C(F)(F)F)c3)n2)c2nc(OS(=O)(=O)C(F)(F)F)ccc2N1C(=O)O. The zero-order valence-electron chi connectivity index (χ0n) is 26.1. The molecule has 22 heteroatoms. The van der Waals surface area contributed by atoms with E-state index in [1.54, 1.807) is 4.90 Å². The van der Waals surface area contributed by atoms with Crippen molar-refractivity contribution in [1.82, 2.24) is 15.0 Å². The van der Waals surface area contributed by atoms with E-state index in [9.17, 15) is 57.8 Å². The van der Waals surface area contributed by atoms with E-state index in [0.717, 1.165) is 6.07 Å². The molecular formula is C29H27F9N6O6S. The van der Waals surface area contributed by atoms with Crippen LogP contribution in [0.25, 0.3) is 0 Å². The first-order valence-electron chi connectivity index (χ1n) is 14.8. The average Bonchev–Trinajstić information content (AvgIpc) is 3.03. The number of fused-ring (bicyclic) bond motifs is 1. The molecule has 0 bridgehead atoms. The highest BCUT2D eigenvalue weighted by atomic mass is 32.2. The average molecular weight is 759 g/mol. The molecule has 2 aliphatic heterocycles. The van der Waals surface area contributed by atoms with Gasteiger partial charge < -0.3 is 24.7 Å². The van der Waals surface area contributed by atoms with Crippen molar-refractivity contribution < 1.29 is 66.8 Å². The monoisotopic (exact) mass is 758 g/mol. The minimum atomic E-state index is -6.23. The van der Waals surface area contributed by atoms with Crippen molar-refractivity contribution in [3.05, 3.63) is 70.4 Å². The highest BCUT2D eigenvalue weighted by Crippen LogP contribution is 2.46. The fourth-order valence-corrected chi connectivity index (χ4v) is 6.21. The van der Waals surface area contributed by atoms with Crippen molar-refractivity contribution in [2.75, 3.05) is 36.1 Å². The van der Waals surface area contributed by atoms with E-state index in [2.05, 4.69) is 19.1 Å². The van der Waals surface area contributed by atoms with Crippen molar-refractivity contribution in [2.45, 2.75) is 55.6 Å². The van der Waals surface area contributed by atoms with Gasteiger partial charge in [0.1, 0.15) is 11.5 Å². The maximum Gasteiger partial charge on any atom is 0.534 e. The summed E-state index contributed by atoms with van der Waals surface area (Å²) in [4.78, 5) is 27.5. The number of nitrogens with two attached hydrogens (primary N) is 1. The lowest BCUT2D eigenvalue weighted by Gasteiger charge is -2.45. The first-order valence-corrected chi connectivity index (χ1v) is 16.3. The number of ether oxygens (including phenoxy) is 1. The lowest BCUT2D eigenvalue weighted by Crippen LogP contribution is -2.61. The summed E-state index contributed by atoms with van der Waals surface area (Å²) in [5, 5.41) is 10.1. The van der Waals surface area contributed by atoms with Gasteiger partial charge in [0.2, 0.25) is 5.88 Å². The summed E-state index contributed by atoms with van der Waals surface area (Å²) in [6, 6.07) is 2.65. The normalized spacial score (nSPS) is 20.3. The minimum absolute atomic E-state index is 0.0269. The van der Waals surface area contributed by atoms with Gasteiger partial charge in [0.25, 0.3) is 0 Å². The molecule has 3 aromatic rings. The number of alkyl halides is 9. The van der Waals surface area contributed by atoms with E-state index in [1.165, 1.54) is 13.1 Å². The van der Waals surface area contributed by atoms with Crippen molar-refractivity contribution in [2.24, 2.45) is 5.73 Å². The molecular weight excluding hydrogens is 731 g/mol. The number of carbonyl (C=O) groups is 1. The second-order valence-corrected chi connectivity index (χ2v) is 13.2. The van der Waals surface area contributed by atoms with Gasteiger partial charge in [0, 0.05) is 25.6 Å². The zero-order chi connectivity index (χ0) is 37.7. The van der Waals surface area contributed by atoms with E-state index in [1.807, 2.05) is 0 Å². The molecule has 0 unspecified atom stereocenters. The molecule has 1 fully saturated rings. The molecule has 12 nitrogen and oxygen atoms in total. The Hall–Kier alpha value is -4.44. The number of hydrogen-bond acceptors (Lipinski definition) is 10. The zero-order valence-corrected chi connectivity index (χ0v) is 26.9. The number of morpholine rings is 1. The smallest absolute Gasteiger partial charge is 0.465 e. The Morgan fingerprint density at radius 1 is 1.00 bits per heavy atom. The van der Waals surface area contributed by atoms with Crippen LogP contribution in [0.1, 0.15) is 59.6 Å². The second-order valence-electron chi connectivity index (χ2n) is 11.6. The maximum absolute atomic E-state index is 13.7. The number of anilines is 2. The molecule has 2 atom stereocenters. The standard InChI is InChI=1S/C29H27F9N6O6S/c1-2-26(39)13-18(23-20(44(26)25(45)46)3-4-22(42-23)50-51(47,48)29(36,37)38)24-40-14-21(43-5-7-49-8-6-43)19(41-24)11-15-9-16(27(30,31)32)12-17(10-15)28(33,34)35/h3-4,9-10,12,14,18H,2,5-8,11,13,39H2,1H3,(H,45,46)/t18-,26+/m0/s1. The molecule has 1 saturated heterocycles. The van der Waals surface area contributed by atoms with Crippen LogP contribution < -0.4 is 19.7 Å². The number of hydrogen-bond donors (Lipinski definition) is 2. The van der Waals surface area contributed by atoms with Crippen LogP contribution in [-0.2, 0) is 33.6 Å². The van der Waals surface area contributed by atoms with Gasteiger partial charge >= 0.3 is 34.1 Å². The van der Waals surface area contributed by atoms with Crippen LogP contribution in [-0.4, -0.2) is 72.0 Å². The van der Waals surface area contributed by atoms with E-state index in [4.69, 9.17) is 10.5 Å². The molecule has 0 aliphatic carbocycles. The van der Waals surface area contributed by atoms with Crippen molar-refractivity contribution >= 4 is 27.6 Å². The Bertz CT molecular complexity index is 1890. The van der Waals surface area contributed by atoms with Crippen LogP contribution in [0.2, 0.25) is 0 Å². The Morgan fingerprint density at radius 3 is 2.14 bits per heavy atom. The Labute approximate surface area is 283 Å². The summed E-state index contributed by atoms with van der Waals surface area (Å²) in [6.45, 7) is 2.43. The Kier molecular flexibility index (Phi) is 9.84. The van der Waals surface area contributed by atoms with E-state index >= 15 is 0 Å². The number of pyridine rings is 1. The molecule has 1 aromatic carbocycles. The van der Waals surface area contributed by atoms with Gasteiger partial charge in [-0.25, -0.2) is 19.7 Å². The van der Waals surface area contributed by atoms with Crippen LogP contribution in [0.3, 0.4) is 0 Å². The molecule has 3 N–H and O–H groups in total.